The van der Waals surface area contributed by atoms with E-state index < -0.39 is 0 Å². The number of hydrogen-bond donors (Lipinski definition) is 2. The molecule has 6 nitrogen and oxygen atoms in total. The second-order valence-corrected chi connectivity index (χ2v) is 6.61. The minimum atomic E-state index is 0.258. The Labute approximate surface area is 139 Å². The number of pyridine rings is 2. The summed E-state index contributed by atoms with van der Waals surface area (Å²) in [7, 11) is 0. The molecule has 0 amide bonds. The molecule has 0 aromatic carbocycles. The third-order valence-electron chi connectivity index (χ3n) is 4.47. The zero-order chi connectivity index (χ0) is 16.7. The van der Waals surface area contributed by atoms with Gasteiger partial charge in [-0.05, 0) is 18.1 Å². The number of imidazole rings is 1. The number of fused-ring (bicyclic) bond motifs is 2. The van der Waals surface area contributed by atoms with E-state index in [1.165, 1.54) is 0 Å². The fourth-order valence-corrected chi connectivity index (χ4v) is 2.97. The van der Waals surface area contributed by atoms with Crippen LogP contribution in [0.3, 0.4) is 0 Å². The van der Waals surface area contributed by atoms with Gasteiger partial charge in [-0.2, -0.15) is 5.10 Å². The van der Waals surface area contributed by atoms with E-state index >= 15 is 0 Å². The fourth-order valence-electron chi connectivity index (χ4n) is 2.97. The van der Waals surface area contributed by atoms with Crippen molar-refractivity contribution in [3.8, 4) is 0 Å². The first kappa shape index (κ1) is 14.8. The van der Waals surface area contributed by atoms with Gasteiger partial charge in [0.05, 0.1) is 41.0 Å². The molecule has 4 rings (SSSR count). The quantitative estimate of drug-likeness (QED) is 0.600. The lowest BCUT2D eigenvalue weighted by molar-refractivity contribution is 0.717. The van der Waals surface area contributed by atoms with E-state index in [4.69, 9.17) is 0 Å². The Morgan fingerprint density at radius 2 is 1.75 bits per heavy atom. The van der Waals surface area contributed by atoms with Crippen molar-refractivity contribution in [3.63, 3.8) is 0 Å². The van der Waals surface area contributed by atoms with Gasteiger partial charge in [0.1, 0.15) is 0 Å². The molecule has 0 aliphatic heterocycles. The summed E-state index contributed by atoms with van der Waals surface area (Å²) in [5, 5.41) is 8.74. The summed E-state index contributed by atoms with van der Waals surface area (Å²) in [4.78, 5) is 16.4. The van der Waals surface area contributed by atoms with Gasteiger partial charge in [0.25, 0.3) is 0 Å². The topological polar surface area (TPSA) is 83.1 Å². The first-order valence-corrected chi connectivity index (χ1v) is 8.23. The van der Waals surface area contributed by atoms with Gasteiger partial charge in [-0.15, -0.1) is 0 Å². The maximum absolute atomic E-state index is 4.56. The third-order valence-corrected chi connectivity index (χ3v) is 4.47. The van der Waals surface area contributed by atoms with Crippen LogP contribution >= 0.6 is 0 Å². The maximum atomic E-state index is 4.56. The van der Waals surface area contributed by atoms with Crippen LogP contribution in [0.15, 0.2) is 30.9 Å². The minimum absolute atomic E-state index is 0.258. The molecule has 0 saturated carbocycles. The molecule has 0 bridgehead atoms. The van der Waals surface area contributed by atoms with Gasteiger partial charge in [-0.3, -0.25) is 15.1 Å². The number of rotatable bonds is 4. The highest BCUT2D eigenvalue weighted by atomic mass is 15.1. The summed E-state index contributed by atoms with van der Waals surface area (Å²) in [6.45, 7) is 6.48. The predicted molar refractivity (Wildman–Crippen MR) is 94.0 cm³/mol. The van der Waals surface area contributed by atoms with E-state index in [1.807, 2.05) is 18.5 Å². The average molecular weight is 320 g/mol. The van der Waals surface area contributed by atoms with E-state index in [1.54, 1.807) is 6.33 Å². The standard InChI is InChI=1S/C18H20N6/c1-10(2)13-5-12-15(23-24-17(12)7-19-13)4-11(3)14-6-16-18(8-20-14)22-9-21-16/h5-11H,4H2,1-3H3,(H,21,22)(H,23,24). The summed E-state index contributed by atoms with van der Waals surface area (Å²) in [6, 6.07) is 4.20. The fraction of sp³-hybridized carbons (Fsp3) is 0.333. The van der Waals surface area contributed by atoms with Crippen LogP contribution in [0.4, 0.5) is 0 Å². The molecule has 0 aliphatic rings. The van der Waals surface area contributed by atoms with Gasteiger partial charge in [0.15, 0.2) is 0 Å². The lowest BCUT2D eigenvalue weighted by Crippen LogP contribution is -2.02. The monoisotopic (exact) mass is 320 g/mol. The number of aromatic nitrogens is 6. The average Bonchev–Trinajstić information content (AvgIpc) is 3.20. The lowest BCUT2D eigenvalue weighted by Gasteiger charge is -2.10. The number of hydrogen-bond acceptors (Lipinski definition) is 4. The van der Waals surface area contributed by atoms with Crippen molar-refractivity contribution in [2.45, 2.75) is 39.0 Å². The Bertz CT molecular complexity index is 997. The van der Waals surface area contributed by atoms with E-state index in [9.17, 15) is 0 Å². The number of nitrogens with one attached hydrogen (secondary N) is 2. The smallest absolute Gasteiger partial charge is 0.0932 e. The summed E-state index contributed by atoms with van der Waals surface area (Å²) >= 11 is 0. The molecule has 4 heterocycles. The number of H-pyrrole nitrogens is 2. The van der Waals surface area contributed by atoms with Gasteiger partial charge < -0.3 is 4.98 Å². The van der Waals surface area contributed by atoms with E-state index in [0.717, 1.165) is 45.4 Å². The molecule has 0 aliphatic carbocycles. The van der Waals surface area contributed by atoms with Crippen molar-refractivity contribution in [1.82, 2.24) is 30.1 Å². The highest BCUT2D eigenvalue weighted by Gasteiger charge is 2.15. The first-order chi connectivity index (χ1) is 11.6. The molecule has 4 aromatic heterocycles. The van der Waals surface area contributed by atoms with Gasteiger partial charge in [-0.25, -0.2) is 4.98 Å². The molecule has 1 unspecified atom stereocenters. The SMILES string of the molecule is CC(C)c1cc2c(CC(C)c3cc4nc[nH]c4cn3)n[nH]c2cn1. The van der Waals surface area contributed by atoms with Crippen LogP contribution in [0, 0.1) is 0 Å². The van der Waals surface area contributed by atoms with Crippen LogP contribution in [0.2, 0.25) is 0 Å². The highest BCUT2D eigenvalue weighted by Crippen LogP contribution is 2.25. The molecular formula is C18H20N6. The molecule has 0 saturated heterocycles. The zero-order valence-corrected chi connectivity index (χ0v) is 14.0. The second-order valence-electron chi connectivity index (χ2n) is 6.61. The molecule has 0 spiro atoms. The van der Waals surface area contributed by atoms with E-state index in [2.05, 4.69) is 57.0 Å². The van der Waals surface area contributed by atoms with E-state index in [0.29, 0.717) is 5.92 Å². The Kier molecular flexibility index (Phi) is 3.52. The van der Waals surface area contributed by atoms with Gasteiger partial charge in [-0.1, -0.05) is 20.8 Å². The highest BCUT2D eigenvalue weighted by molar-refractivity contribution is 5.81. The number of aromatic amines is 2. The van der Waals surface area contributed by atoms with Crippen molar-refractivity contribution in [1.29, 1.82) is 0 Å². The molecule has 2 N–H and O–H groups in total. The Balaban J connectivity index is 1.66. The van der Waals surface area contributed by atoms with Crippen LogP contribution in [0.5, 0.6) is 0 Å². The summed E-state index contributed by atoms with van der Waals surface area (Å²) in [5.74, 6) is 0.659. The normalized spacial score (nSPS) is 13.2. The van der Waals surface area contributed by atoms with Crippen molar-refractivity contribution in [3.05, 3.63) is 47.9 Å². The zero-order valence-electron chi connectivity index (χ0n) is 14.0. The molecule has 6 heteroatoms. The van der Waals surface area contributed by atoms with Crippen molar-refractivity contribution in [2.24, 2.45) is 0 Å². The van der Waals surface area contributed by atoms with Gasteiger partial charge in [0, 0.05) is 29.1 Å². The first-order valence-electron chi connectivity index (χ1n) is 8.23. The minimum Gasteiger partial charge on any atom is -0.343 e. The van der Waals surface area contributed by atoms with Crippen LogP contribution in [-0.4, -0.2) is 30.1 Å². The summed E-state index contributed by atoms with van der Waals surface area (Å²) in [5.41, 5.74) is 6.08. The van der Waals surface area contributed by atoms with Crippen LogP contribution < -0.4 is 0 Å². The molecule has 24 heavy (non-hydrogen) atoms. The summed E-state index contributed by atoms with van der Waals surface area (Å²) < 4.78 is 0. The molecule has 1 atom stereocenters. The number of nitrogens with zero attached hydrogens (tertiary/aromatic N) is 4. The maximum Gasteiger partial charge on any atom is 0.0932 e. The molecule has 4 aromatic rings. The van der Waals surface area contributed by atoms with Crippen molar-refractivity contribution >= 4 is 21.9 Å². The second kappa shape index (κ2) is 5.70. The molecule has 122 valence electrons. The Morgan fingerprint density at radius 3 is 2.58 bits per heavy atom. The van der Waals surface area contributed by atoms with Crippen LogP contribution in [-0.2, 0) is 6.42 Å². The van der Waals surface area contributed by atoms with Gasteiger partial charge in [0.2, 0.25) is 0 Å². The third kappa shape index (κ3) is 2.54. The van der Waals surface area contributed by atoms with Gasteiger partial charge >= 0.3 is 0 Å². The van der Waals surface area contributed by atoms with Crippen LogP contribution in [0.1, 0.15) is 49.7 Å². The lowest BCUT2D eigenvalue weighted by atomic mass is 9.98. The van der Waals surface area contributed by atoms with Crippen molar-refractivity contribution in [2.75, 3.05) is 0 Å². The molecular weight excluding hydrogens is 300 g/mol. The predicted octanol–water partition coefficient (Wildman–Crippen LogP) is 3.70. The Morgan fingerprint density at radius 1 is 0.958 bits per heavy atom. The molecule has 0 radical (unpaired) electrons. The largest absolute Gasteiger partial charge is 0.343 e. The van der Waals surface area contributed by atoms with Crippen molar-refractivity contribution < 1.29 is 0 Å². The van der Waals surface area contributed by atoms with Crippen LogP contribution in [0.25, 0.3) is 21.9 Å². The Hall–Kier alpha value is -2.76. The molecule has 0 fully saturated rings. The summed E-state index contributed by atoms with van der Waals surface area (Å²) in [6.07, 6.45) is 6.24. The van der Waals surface area contributed by atoms with E-state index in [-0.39, 0.29) is 5.92 Å².